The van der Waals surface area contributed by atoms with E-state index >= 15 is 0 Å². The van der Waals surface area contributed by atoms with Crippen LogP contribution >= 0.6 is 11.3 Å². The number of carboxylic acids is 1. The lowest BCUT2D eigenvalue weighted by Gasteiger charge is -2.03. The predicted molar refractivity (Wildman–Crippen MR) is 62.9 cm³/mol. The van der Waals surface area contributed by atoms with E-state index in [1.165, 1.54) is 11.3 Å². The Morgan fingerprint density at radius 1 is 1.44 bits per heavy atom. The molecule has 0 aromatic carbocycles. The second kappa shape index (κ2) is 6.27. The van der Waals surface area contributed by atoms with Crippen molar-refractivity contribution in [3.05, 3.63) is 21.9 Å². The standard InChI is InChI=1S/C11H15NO3S/c1-8-5-7-16-10(8)11(15)12-6-3-2-4-9(13)14/h5,7H,2-4,6H2,1H3,(H,12,15)(H,13,14). The average Bonchev–Trinajstić information content (AvgIpc) is 2.63. The first kappa shape index (κ1) is 12.7. The molecule has 0 saturated heterocycles. The monoisotopic (exact) mass is 241 g/mol. The van der Waals surface area contributed by atoms with Gasteiger partial charge in [0.1, 0.15) is 0 Å². The number of amides is 1. The van der Waals surface area contributed by atoms with Gasteiger partial charge in [-0.25, -0.2) is 0 Å². The molecule has 0 aliphatic heterocycles. The number of carbonyl (C=O) groups excluding carboxylic acids is 1. The minimum absolute atomic E-state index is 0.0668. The number of carbonyl (C=O) groups is 2. The van der Waals surface area contributed by atoms with E-state index in [9.17, 15) is 9.59 Å². The number of hydrogen-bond donors (Lipinski definition) is 2. The SMILES string of the molecule is Cc1ccsc1C(=O)NCCCCC(=O)O. The zero-order valence-corrected chi connectivity index (χ0v) is 9.97. The van der Waals surface area contributed by atoms with Crippen LogP contribution < -0.4 is 5.32 Å². The Labute approximate surface area is 98.3 Å². The van der Waals surface area contributed by atoms with E-state index in [0.29, 0.717) is 19.4 Å². The smallest absolute Gasteiger partial charge is 0.303 e. The lowest BCUT2D eigenvalue weighted by Crippen LogP contribution is -2.24. The molecule has 1 aromatic rings. The summed E-state index contributed by atoms with van der Waals surface area (Å²) in [6, 6.07) is 1.91. The lowest BCUT2D eigenvalue weighted by molar-refractivity contribution is -0.137. The minimum atomic E-state index is -0.791. The van der Waals surface area contributed by atoms with Crippen LogP contribution in [0.2, 0.25) is 0 Å². The van der Waals surface area contributed by atoms with Crippen LogP contribution in [0.5, 0.6) is 0 Å². The van der Waals surface area contributed by atoms with Crippen molar-refractivity contribution in [1.29, 1.82) is 0 Å². The van der Waals surface area contributed by atoms with E-state index in [1.807, 2.05) is 18.4 Å². The van der Waals surface area contributed by atoms with E-state index in [1.54, 1.807) is 0 Å². The maximum atomic E-state index is 11.6. The molecule has 1 heterocycles. The molecule has 0 saturated carbocycles. The molecule has 88 valence electrons. The van der Waals surface area contributed by atoms with Crippen LogP contribution in [0.4, 0.5) is 0 Å². The summed E-state index contributed by atoms with van der Waals surface area (Å²) in [4.78, 5) is 22.6. The fourth-order valence-corrected chi connectivity index (χ4v) is 2.13. The number of aliphatic carboxylic acids is 1. The van der Waals surface area contributed by atoms with Gasteiger partial charge in [0, 0.05) is 13.0 Å². The molecule has 0 radical (unpaired) electrons. The molecule has 1 amide bonds. The second-order valence-corrected chi connectivity index (χ2v) is 4.46. The summed E-state index contributed by atoms with van der Waals surface area (Å²) in [6.07, 6.45) is 1.45. The molecule has 1 aromatic heterocycles. The van der Waals surface area contributed by atoms with Crippen molar-refractivity contribution in [1.82, 2.24) is 5.32 Å². The third-order valence-electron chi connectivity index (χ3n) is 2.17. The van der Waals surface area contributed by atoms with Gasteiger partial charge in [-0.1, -0.05) is 0 Å². The maximum absolute atomic E-state index is 11.6. The first-order valence-corrected chi connectivity index (χ1v) is 6.03. The molecule has 16 heavy (non-hydrogen) atoms. The molecule has 4 nitrogen and oxygen atoms in total. The average molecular weight is 241 g/mol. The quantitative estimate of drug-likeness (QED) is 0.749. The fourth-order valence-electron chi connectivity index (χ4n) is 1.29. The second-order valence-electron chi connectivity index (χ2n) is 3.54. The van der Waals surface area contributed by atoms with Gasteiger partial charge in [-0.2, -0.15) is 0 Å². The Morgan fingerprint density at radius 2 is 2.19 bits per heavy atom. The third-order valence-corrected chi connectivity index (χ3v) is 3.19. The van der Waals surface area contributed by atoms with Gasteiger partial charge in [-0.15, -0.1) is 11.3 Å². The van der Waals surface area contributed by atoms with Crippen molar-refractivity contribution >= 4 is 23.2 Å². The van der Waals surface area contributed by atoms with Gasteiger partial charge < -0.3 is 10.4 Å². The van der Waals surface area contributed by atoms with Gasteiger partial charge in [-0.05, 0) is 36.8 Å². The zero-order valence-electron chi connectivity index (χ0n) is 9.16. The highest BCUT2D eigenvalue weighted by Crippen LogP contribution is 2.14. The normalized spacial score (nSPS) is 10.1. The molecule has 1 rings (SSSR count). The van der Waals surface area contributed by atoms with Crippen molar-refractivity contribution in [2.45, 2.75) is 26.2 Å². The Kier molecular flexibility index (Phi) is 4.98. The Balaban J connectivity index is 2.21. The number of hydrogen-bond acceptors (Lipinski definition) is 3. The third kappa shape index (κ3) is 4.02. The summed E-state index contributed by atoms with van der Waals surface area (Å²) >= 11 is 1.42. The molecule has 0 unspecified atom stereocenters. The van der Waals surface area contributed by atoms with Crippen LogP contribution in [0.1, 0.15) is 34.5 Å². The number of aryl methyl sites for hydroxylation is 1. The van der Waals surface area contributed by atoms with Crippen molar-refractivity contribution in [3.63, 3.8) is 0 Å². The first-order valence-electron chi connectivity index (χ1n) is 5.15. The molecule has 0 bridgehead atoms. The molecule has 0 aliphatic rings. The topological polar surface area (TPSA) is 66.4 Å². The van der Waals surface area contributed by atoms with Gasteiger partial charge in [0.15, 0.2) is 0 Å². The molecule has 0 aliphatic carbocycles. The highest BCUT2D eigenvalue weighted by Gasteiger charge is 2.09. The van der Waals surface area contributed by atoms with Crippen molar-refractivity contribution in [3.8, 4) is 0 Å². The van der Waals surface area contributed by atoms with Gasteiger partial charge in [0.05, 0.1) is 4.88 Å². The number of carboxylic acid groups (broad SMARTS) is 1. The molecule has 5 heteroatoms. The van der Waals surface area contributed by atoms with E-state index in [-0.39, 0.29) is 12.3 Å². The summed E-state index contributed by atoms with van der Waals surface area (Å²) in [7, 11) is 0. The number of nitrogens with one attached hydrogen (secondary N) is 1. The molecular formula is C11H15NO3S. The highest BCUT2D eigenvalue weighted by molar-refractivity contribution is 7.12. The zero-order chi connectivity index (χ0) is 12.0. The van der Waals surface area contributed by atoms with Gasteiger partial charge in [-0.3, -0.25) is 9.59 Å². The fraction of sp³-hybridized carbons (Fsp3) is 0.455. The summed E-state index contributed by atoms with van der Waals surface area (Å²) in [5.74, 6) is -0.858. The van der Waals surface area contributed by atoms with Gasteiger partial charge >= 0.3 is 5.97 Å². The maximum Gasteiger partial charge on any atom is 0.303 e. The van der Waals surface area contributed by atoms with Crippen LogP contribution in [0, 0.1) is 6.92 Å². The Morgan fingerprint density at radius 3 is 2.75 bits per heavy atom. The molecule has 2 N–H and O–H groups in total. The van der Waals surface area contributed by atoms with Crippen molar-refractivity contribution in [2.24, 2.45) is 0 Å². The minimum Gasteiger partial charge on any atom is -0.481 e. The number of thiophene rings is 1. The van der Waals surface area contributed by atoms with Gasteiger partial charge in [0.25, 0.3) is 5.91 Å². The van der Waals surface area contributed by atoms with Gasteiger partial charge in [0.2, 0.25) is 0 Å². The van der Waals surface area contributed by atoms with E-state index in [2.05, 4.69) is 5.32 Å². The van der Waals surface area contributed by atoms with Crippen LogP contribution in [0.25, 0.3) is 0 Å². The summed E-state index contributed by atoms with van der Waals surface area (Å²) in [5.41, 5.74) is 0.980. The lowest BCUT2D eigenvalue weighted by atomic mass is 10.2. The first-order chi connectivity index (χ1) is 7.61. The van der Waals surface area contributed by atoms with E-state index in [0.717, 1.165) is 10.4 Å². The number of rotatable bonds is 6. The summed E-state index contributed by atoms with van der Waals surface area (Å²) < 4.78 is 0. The van der Waals surface area contributed by atoms with Crippen LogP contribution in [-0.2, 0) is 4.79 Å². The van der Waals surface area contributed by atoms with E-state index in [4.69, 9.17) is 5.11 Å². The van der Waals surface area contributed by atoms with Crippen molar-refractivity contribution < 1.29 is 14.7 Å². The molecule has 0 fully saturated rings. The predicted octanol–water partition coefficient (Wildman–Crippen LogP) is 2.04. The van der Waals surface area contributed by atoms with Crippen LogP contribution in [-0.4, -0.2) is 23.5 Å². The molecule has 0 atom stereocenters. The number of unbranched alkanes of at least 4 members (excludes halogenated alkanes) is 1. The van der Waals surface area contributed by atoms with Crippen LogP contribution in [0.15, 0.2) is 11.4 Å². The van der Waals surface area contributed by atoms with E-state index < -0.39 is 5.97 Å². The summed E-state index contributed by atoms with van der Waals surface area (Å²) in [6.45, 7) is 2.43. The Hall–Kier alpha value is -1.36. The molecule has 0 spiro atoms. The highest BCUT2D eigenvalue weighted by atomic mass is 32.1. The Bertz CT molecular complexity index is 373. The summed E-state index contributed by atoms with van der Waals surface area (Å²) in [5, 5.41) is 13.1. The molecular weight excluding hydrogens is 226 g/mol. The van der Waals surface area contributed by atoms with Crippen LogP contribution in [0.3, 0.4) is 0 Å². The largest absolute Gasteiger partial charge is 0.481 e. The van der Waals surface area contributed by atoms with Crippen molar-refractivity contribution in [2.75, 3.05) is 6.54 Å².